The number of fused-ring (bicyclic) bond motifs is 2. The molecule has 0 spiro atoms. The second-order valence-electron chi connectivity index (χ2n) is 8.06. The highest BCUT2D eigenvalue weighted by atomic mass is 16.5. The third kappa shape index (κ3) is 4.30. The van der Waals surface area contributed by atoms with Gasteiger partial charge in [0.2, 0.25) is 11.5 Å². The molecule has 6 heteroatoms. The summed E-state index contributed by atoms with van der Waals surface area (Å²) in [6.45, 7) is 3.50. The number of allylic oxidation sites excluding steroid dienone is 2. The van der Waals surface area contributed by atoms with Gasteiger partial charge >= 0.3 is 11.9 Å². The summed E-state index contributed by atoms with van der Waals surface area (Å²) >= 11 is 0. The molecule has 0 saturated carbocycles. The first kappa shape index (κ1) is 21.5. The van der Waals surface area contributed by atoms with Gasteiger partial charge in [-0.1, -0.05) is 48.5 Å². The van der Waals surface area contributed by atoms with E-state index in [0.717, 1.165) is 46.1 Å². The lowest BCUT2D eigenvalue weighted by molar-refractivity contribution is -0.669. The second-order valence-corrected chi connectivity index (χ2v) is 8.06. The molecule has 1 aliphatic rings. The molecular weight excluding hydrogens is 428 g/mol. The van der Waals surface area contributed by atoms with Gasteiger partial charge in [-0.05, 0) is 42.8 Å². The molecule has 0 saturated heterocycles. The molecule has 0 radical (unpaired) electrons. The normalized spacial score (nSPS) is 14.1. The van der Waals surface area contributed by atoms with E-state index < -0.39 is 5.97 Å². The fourth-order valence-electron chi connectivity index (χ4n) is 4.18. The van der Waals surface area contributed by atoms with Crippen LogP contribution in [0, 0.1) is 0 Å². The van der Waals surface area contributed by atoms with E-state index in [2.05, 4.69) is 22.5 Å². The van der Waals surface area contributed by atoms with Crippen LogP contribution in [0.25, 0.3) is 17.2 Å². The highest BCUT2D eigenvalue weighted by Crippen LogP contribution is 2.38. The molecule has 0 amide bonds. The molecule has 0 unspecified atom stereocenters. The van der Waals surface area contributed by atoms with Gasteiger partial charge in [0.15, 0.2) is 12.3 Å². The summed E-state index contributed by atoms with van der Waals surface area (Å²) in [7, 11) is 0. The largest absolute Gasteiger partial charge is 0.481 e. The summed E-state index contributed by atoms with van der Waals surface area (Å²) in [4.78, 5) is 13.1. The number of nitrogens with zero attached hydrogens (tertiary/aromatic N) is 2. The highest BCUT2D eigenvalue weighted by molar-refractivity contribution is 5.71. The van der Waals surface area contributed by atoms with Crippen LogP contribution >= 0.6 is 0 Å². The Morgan fingerprint density at radius 3 is 2.53 bits per heavy atom. The van der Waals surface area contributed by atoms with Crippen molar-refractivity contribution in [1.82, 2.24) is 0 Å². The van der Waals surface area contributed by atoms with Crippen molar-refractivity contribution in [3.05, 3.63) is 108 Å². The number of carboxylic acid groups (broad SMARTS) is 1. The number of para-hydroxylation sites is 4. The summed E-state index contributed by atoms with van der Waals surface area (Å²) in [6, 6.07) is 23.6. The highest BCUT2D eigenvalue weighted by Gasteiger charge is 2.24. The predicted molar refractivity (Wildman–Crippen MR) is 130 cm³/mol. The van der Waals surface area contributed by atoms with Crippen molar-refractivity contribution in [3.63, 3.8) is 0 Å². The van der Waals surface area contributed by atoms with Gasteiger partial charge in [0.05, 0.1) is 18.2 Å². The molecule has 2 heterocycles. The van der Waals surface area contributed by atoms with E-state index in [1.165, 1.54) is 0 Å². The molecule has 1 aromatic heterocycles. The number of benzene rings is 3. The van der Waals surface area contributed by atoms with Gasteiger partial charge in [0.1, 0.15) is 0 Å². The Kier molecular flexibility index (Phi) is 5.87. The van der Waals surface area contributed by atoms with Crippen LogP contribution in [0.15, 0.2) is 95.2 Å². The topological polar surface area (TPSA) is 66.8 Å². The van der Waals surface area contributed by atoms with E-state index in [-0.39, 0.29) is 6.42 Å². The number of rotatable bonds is 7. The van der Waals surface area contributed by atoms with Crippen molar-refractivity contribution < 1.29 is 23.6 Å². The summed E-state index contributed by atoms with van der Waals surface area (Å²) in [6.07, 6.45) is 5.84. The minimum Gasteiger partial charge on any atom is -0.481 e. The van der Waals surface area contributed by atoms with E-state index in [9.17, 15) is 4.79 Å². The molecular formula is C28H25N2O4+. The first-order valence-electron chi connectivity index (χ1n) is 11.3. The maximum absolute atomic E-state index is 11.0. The fraction of sp³-hybridized carbons (Fsp3) is 0.143. The zero-order valence-corrected chi connectivity index (χ0v) is 18.8. The number of carboxylic acids is 1. The Balaban J connectivity index is 1.43. The third-order valence-electron chi connectivity index (χ3n) is 5.79. The monoisotopic (exact) mass is 453 g/mol. The van der Waals surface area contributed by atoms with E-state index >= 15 is 0 Å². The van der Waals surface area contributed by atoms with Crippen molar-refractivity contribution in [2.45, 2.75) is 19.9 Å². The molecule has 0 fully saturated rings. The minimum atomic E-state index is -0.833. The number of aromatic nitrogens is 1. The number of ether oxygens (including phenoxy) is 1. The molecule has 0 atom stereocenters. The zero-order chi connectivity index (χ0) is 23.5. The molecule has 1 aliphatic heterocycles. The van der Waals surface area contributed by atoms with E-state index in [1.807, 2.05) is 85.0 Å². The molecule has 0 aliphatic carbocycles. The molecule has 34 heavy (non-hydrogen) atoms. The van der Waals surface area contributed by atoms with E-state index in [1.54, 1.807) is 0 Å². The van der Waals surface area contributed by atoms with Crippen LogP contribution in [0.3, 0.4) is 0 Å². The first-order valence-corrected chi connectivity index (χ1v) is 11.3. The van der Waals surface area contributed by atoms with Crippen LogP contribution in [-0.4, -0.2) is 17.6 Å². The van der Waals surface area contributed by atoms with Crippen molar-refractivity contribution in [2.75, 3.05) is 11.4 Å². The Hall–Kier alpha value is -4.32. The lowest BCUT2D eigenvalue weighted by Gasteiger charge is -2.14. The lowest BCUT2D eigenvalue weighted by Crippen LogP contribution is -2.35. The third-order valence-corrected chi connectivity index (χ3v) is 5.79. The predicted octanol–water partition coefficient (Wildman–Crippen LogP) is 5.17. The van der Waals surface area contributed by atoms with Crippen LogP contribution in [-0.2, 0) is 17.8 Å². The summed E-state index contributed by atoms with van der Waals surface area (Å²) in [5, 5.41) is 9.00. The average Bonchev–Trinajstić information content (AvgIpc) is 3.37. The van der Waals surface area contributed by atoms with Crippen molar-refractivity contribution >= 4 is 28.8 Å². The smallest absolute Gasteiger partial charge is 0.374 e. The van der Waals surface area contributed by atoms with Crippen LogP contribution in [0.4, 0.5) is 5.69 Å². The molecule has 0 bridgehead atoms. The number of aliphatic carboxylic acids is 1. The Labute approximate surface area is 197 Å². The van der Waals surface area contributed by atoms with Crippen LogP contribution < -0.4 is 14.2 Å². The van der Waals surface area contributed by atoms with Crippen molar-refractivity contribution in [1.29, 1.82) is 0 Å². The van der Waals surface area contributed by atoms with Gasteiger partial charge in [-0.15, -0.1) is 0 Å². The number of oxazole rings is 1. The van der Waals surface area contributed by atoms with E-state index in [4.69, 9.17) is 14.3 Å². The SMILES string of the molecule is CCN1/C(=C\C=C/c2oc3ccccc3[n+]2Cc2ccc(CC(=O)O)cc2)Oc2ccccc21. The minimum absolute atomic E-state index is 0.0193. The molecule has 6 nitrogen and oxygen atoms in total. The Morgan fingerprint density at radius 2 is 1.74 bits per heavy atom. The average molecular weight is 454 g/mol. The Bertz CT molecular complexity index is 1400. The van der Waals surface area contributed by atoms with Crippen LogP contribution in [0.2, 0.25) is 0 Å². The zero-order valence-electron chi connectivity index (χ0n) is 18.8. The number of carbonyl (C=O) groups is 1. The van der Waals surface area contributed by atoms with Crippen LogP contribution in [0.5, 0.6) is 5.75 Å². The number of hydrogen-bond donors (Lipinski definition) is 1. The first-order chi connectivity index (χ1) is 16.6. The quantitative estimate of drug-likeness (QED) is 0.391. The second kappa shape index (κ2) is 9.27. The maximum atomic E-state index is 11.0. The molecule has 4 aromatic rings. The fourth-order valence-corrected chi connectivity index (χ4v) is 4.18. The summed E-state index contributed by atoms with van der Waals surface area (Å²) in [5.74, 6) is 1.51. The van der Waals surface area contributed by atoms with Gasteiger partial charge in [0, 0.05) is 18.2 Å². The summed E-state index contributed by atoms with van der Waals surface area (Å²) < 4.78 is 14.3. The van der Waals surface area contributed by atoms with Gasteiger partial charge in [0.25, 0.3) is 5.52 Å². The molecule has 1 N–H and O–H groups in total. The van der Waals surface area contributed by atoms with Crippen LogP contribution in [0.1, 0.15) is 23.9 Å². The van der Waals surface area contributed by atoms with Crippen molar-refractivity contribution in [2.24, 2.45) is 0 Å². The summed E-state index contributed by atoms with van der Waals surface area (Å²) in [5.41, 5.74) is 4.70. The Morgan fingerprint density at radius 1 is 1.00 bits per heavy atom. The molecule has 3 aromatic carbocycles. The van der Waals surface area contributed by atoms with Gasteiger partial charge in [-0.2, -0.15) is 4.57 Å². The molecule has 5 rings (SSSR count). The van der Waals surface area contributed by atoms with Gasteiger partial charge < -0.3 is 19.2 Å². The number of anilines is 1. The van der Waals surface area contributed by atoms with Crippen molar-refractivity contribution in [3.8, 4) is 5.75 Å². The van der Waals surface area contributed by atoms with Gasteiger partial charge in [-0.25, -0.2) is 0 Å². The maximum Gasteiger partial charge on any atom is 0.374 e. The molecule has 170 valence electrons. The van der Waals surface area contributed by atoms with Gasteiger partial charge in [-0.3, -0.25) is 4.79 Å². The number of hydrogen-bond acceptors (Lipinski definition) is 4. The standard InChI is InChI=1S/C28H24N2O4/c1-2-29-22-8-3-5-10-24(22)33-26(29)12-7-13-27-30(23-9-4-6-11-25(23)34-27)19-21-16-14-20(15-17-21)18-28(31)32/h3-17H,2,18-19H2,1H3/p+1. The lowest BCUT2D eigenvalue weighted by atomic mass is 10.1. The van der Waals surface area contributed by atoms with E-state index in [0.29, 0.717) is 12.4 Å².